The number of nitrogens with one attached hydrogen (secondary N) is 1. The average Bonchev–Trinajstić information content (AvgIpc) is 3.17. The van der Waals surface area contributed by atoms with Crippen molar-refractivity contribution in [1.82, 2.24) is 20.2 Å². The van der Waals surface area contributed by atoms with Crippen LogP contribution in [0.25, 0.3) is 5.69 Å². The number of amides is 1. The van der Waals surface area contributed by atoms with Gasteiger partial charge in [0.1, 0.15) is 6.33 Å². The quantitative estimate of drug-likeness (QED) is 0.712. The van der Waals surface area contributed by atoms with Gasteiger partial charge in [-0.2, -0.15) is 8.78 Å². The predicted octanol–water partition coefficient (Wildman–Crippen LogP) is 2.83. The zero-order valence-corrected chi connectivity index (χ0v) is 14.4. The van der Waals surface area contributed by atoms with Gasteiger partial charge in [0.2, 0.25) is 0 Å². The van der Waals surface area contributed by atoms with Crippen molar-refractivity contribution in [2.75, 3.05) is 12.4 Å². The summed E-state index contributed by atoms with van der Waals surface area (Å²) in [7, 11) is 1.32. The number of tetrazole rings is 1. The number of rotatable bonds is 6. The fourth-order valence-corrected chi connectivity index (χ4v) is 2.37. The molecule has 0 bridgehead atoms. The van der Waals surface area contributed by atoms with Crippen LogP contribution in [0.2, 0.25) is 0 Å². The largest absolute Gasteiger partial charge is 0.493 e. The Hall–Kier alpha value is -3.56. The molecule has 0 saturated carbocycles. The van der Waals surface area contributed by atoms with Gasteiger partial charge < -0.3 is 14.8 Å². The molecule has 27 heavy (non-hydrogen) atoms. The minimum absolute atomic E-state index is 0.101. The molecule has 0 aliphatic rings. The number of anilines is 1. The van der Waals surface area contributed by atoms with E-state index in [0.717, 1.165) is 5.56 Å². The first kappa shape index (κ1) is 18.2. The third-order valence-electron chi connectivity index (χ3n) is 3.72. The number of aryl methyl sites for hydroxylation is 1. The smallest absolute Gasteiger partial charge is 0.387 e. The van der Waals surface area contributed by atoms with Crippen LogP contribution in [0.1, 0.15) is 15.9 Å². The topological polar surface area (TPSA) is 91.2 Å². The van der Waals surface area contributed by atoms with Gasteiger partial charge in [0.05, 0.1) is 12.8 Å². The zero-order valence-electron chi connectivity index (χ0n) is 14.4. The number of carbonyl (C=O) groups is 1. The van der Waals surface area contributed by atoms with Gasteiger partial charge in [-0.25, -0.2) is 4.68 Å². The SMILES string of the molecule is COc1ccc(C(=O)Nc2cc(-n3cnnn3)ccc2C)cc1OC(F)F. The lowest BCUT2D eigenvalue weighted by atomic mass is 10.1. The van der Waals surface area contributed by atoms with E-state index in [0.29, 0.717) is 11.4 Å². The molecule has 0 spiro atoms. The number of hydrogen-bond acceptors (Lipinski definition) is 6. The Balaban J connectivity index is 1.86. The number of nitrogens with zero attached hydrogens (tertiary/aromatic N) is 4. The van der Waals surface area contributed by atoms with Gasteiger partial charge >= 0.3 is 6.61 Å². The van der Waals surface area contributed by atoms with Gasteiger partial charge in [-0.05, 0) is 53.2 Å². The maximum absolute atomic E-state index is 12.6. The van der Waals surface area contributed by atoms with Crippen LogP contribution in [0.3, 0.4) is 0 Å². The van der Waals surface area contributed by atoms with Gasteiger partial charge in [0, 0.05) is 11.3 Å². The van der Waals surface area contributed by atoms with E-state index in [-0.39, 0.29) is 17.1 Å². The van der Waals surface area contributed by atoms with E-state index in [9.17, 15) is 13.6 Å². The van der Waals surface area contributed by atoms with Crippen molar-refractivity contribution in [3.8, 4) is 17.2 Å². The Morgan fingerprint density at radius 3 is 2.67 bits per heavy atom. The summed E-state index contributed by atoms with van der Waals surface area (Å²) in [6, 6.07) is 9.32. The molecule has 0 aliphatic heterocycles. The van der Waals surface area contributed by atoms with E-state index in [4.69, 9.17) is 4.74 Å². The summed E-state index contributed by atoms with van der Waals surface area (Å²) in [6.07, 6.45) is 1.42. The Kier molecular flexibility index (Phi) is 5.25. The first-order valence-corrected chi connectivity index (χ1v) is 7.76. The van der Waals surface area contributed by atoms with Gasteiger partial charge in [-0.15, -0.1) is 5.10 Å². The molecular formula is C17H15F2N5O3. The summed E-state index contributed by atoms with van der Waals surface area (Å²) < 4.78 is 35.9. The number of carbonyl (C=O) groups excluding carboxylic acids is 1. The van der Waals surface area contributed by atoms with Crippen molar-refractivity contribution in [2.45, 2.75) is 13.5 Å². The third-order valence-corrected chi connectivity index (χ3v) is 3.72. The maximum atomic E-state index is 12.6. The molecule has 0 saturated heterocycles. The highest BCUT2D eigenvalue weighted by Crippen LogP contribution is 2.30. The first-order chi connectivity index (χ1) is 13.0. The fourth-order valence-electron chi connectivity index (χ4n) is 2.37. The minimum Gasteiger partial charge on any atom is -0.493 e. The highest BCUT2D eigenvalue weighted by atomic mass is 19.3. The number of aromatic nitrogens is 4. The second-order valence-corrected chi connectivity index (χ2v) is 5.45. The van der Waals surface area contributed by atoms with E-state index < -0.39 is 12.5 Å². The Bertz CT molecular complexity index is 948. The number of benzene rings is 2. The van der Waals surface area contributed by atoms with Crippen molar-refractivity contribution < 1.29 is 23.0 Å². The molecule has 10 heteroatoms. The van der Waals surface area contributed by atoms with Crippen LogP contribution in [-0.4, -0.2) is 39.8 Å². The van der Waals surface area contributed by atoms with E-state index >= 15 is 0 Å². The molecule has 2 aromatic carbocycles. The van der Waals surface area contributed by atoms with Crippen LogP contribution in [-0.2, 0) is 0 Å². The number of methoxy groups -OCH3 is 1. The number of alkyl halides is 2. The van der Waals surface area contributed by atoms with Crippen molar-refractivity contribution in [3.63, 3.8) is 0 Å². The van der Waals surface area contributed by atoms with Gasteiger partial charge in [0.15, 0.2) is 11.5 Å². The van der Waals surface area contributed by atoms with Gasteiger partial charge in [0.25, 0.3) is 5.91 Å². The van der Waals surface area contributed by atoms with Crippen LogP contribution >= 0.6 is 0 Å². The molecule has 0 radical (unpaired) electrons. The normalized spacial score (nSPS) is 10.7. The molecule has 0 unspecified atom stereocenters. The molecule has 0 aliphatic carbocycles. The number of hydrogen-bond donors (Lipinski definition) is 1. The summed E-state index contributed by atoms with van der Waals surface area (Å²) in [4.78, 5) is 12.6. The van der Waals surface area contributed by atoms with Gasteiger partial charge in [-0.3, -0.25) is 4.79 Å². The maximum Gasteiger partial charge on any atom is 0.387 e. The molecule has 1 N–H and O–H groups in total. The van der Waals surface area contributed by atoms with Crippen LogP contribution < -0.4 is 14.8 Å². The average molecular weight is 375 g/mol. The summed E-state index contributed by atoms with van der Waals surface area (Å²) in [6.45, 7) is -1.22. The highest BCUT2D eigenvalue weighted by Gasteiger charge is 2.15. The summed E-state index contributed by atoms with van der Waals surface area (Å²) in [5.41, 5.74) is 2.12. The molecule has 8 nitrogen and oxygen atoms in total. The lowest BCUT2D eigenvalue weighted by molar-refractivity contribution is -0.0512. The van der Waals surface area contributed by atoms with Crippen LogP contribution in [0.15, 0.2) is 42.7 Å². The number of ether oxygens (including phenoxy) is 2. The second-order valence-electron chi connectivity index (χ2n) is 5.45. The van der Waals surface area contributed by atoms with Crippen LogP contribution in [0, 0.1) is 6.92 Å². The standard InChI is InChI=1S/C17H15F2N5O3/c1-10-3-5-12(24-9-20-22-23-24)8-13(10)21-16(25)11-4-6-14(26-2)15(7-11)27-17(18)19/h3-9,17H,1-2H3,(H,21,25). The highest BCUT2D eigenvalue weighted by molar-refractivity contribution is 6.05. The summed E-state index contributed by atoms with van der Waals surface area (Å²) >= 11 is 0. The molecule has 3 rings (SSSR count). The van der Waals surface area contributed by atoms with Crippen molar-refractivity contribution in [2.24, 2.45) is 0 Å². The van der Waals surface area contributed by atoms with Crippen molar-refractivity contribution >= 4 is 11.6 Å². The molecule has 0 atom stereocenters. The molecule has 140 valence electrons. The molecule has 1 amide bonds. The Morgan fingerprint density at radius 2 is 2.00 bits per heavy atom. The van der Waals surface area contributed by atoms with E-state index in [1.807, 2.05) is 6.92 Å². The monoisotopic (exact) mass is 375 g/mol. The molecule has 1 heterocycles. The summed E-state index contributed by atoms with van der Waals surface area (Å²) in [5.74, 6) is -0.614. The zero-order chi connectivity index (χ0) is 19.4. The first-order valence-electron chi connectivity index (χ1n) is 7.76. The molecular weight excluding hydrogens is 360 g/mol. The van der Waals surface area contributed by atoms with Crippen LogP contribution in [0.4, 0.5) is 14.5 Å². The molecule has 3 aromatic rings. The lowest BCUT2D eigenvalue weighted by Gasteiger charge is -2.13. The second kappa shape index (κ2) is 7.77. The predicted molar refractivity (Wildman–Crippen MR) is 91.5 cm³/mol. The summed E-state index contributed by atoms with van der Waals surface area (Å²) in [5, 5.41) is 13.7. The van der Waals surface area contributed by atoms with E-state index in [1.165, 1.54) is 36.3 Å². The van der Waals surface area contributed by atoms with Crippen molar-refractivity contribution in [1.29, 1.82) is 0 Å². The van der Waals surface area contributed by atoms with Crippen molar-refractivity contribution in [3.05, 3.63) is 53.9 Å². The Morgan fingerprint density at radius 1 is 1.19 bits per heavy atom. The minimum atomic E-state index is -3.03. The van der Waals surface area contributed by atoms with Crippen LogP contribution in [0.5, 0.6) is 11.5 Å². The van der Waals surface area contributed by atoms with E-state index in [1.54, 1.807) is 18.2 Å². The number of halogens is 2. The van der Waals surface area contributed by atoms with E-state index in [2.05, 4.69) is 25.6 Å². The fraction of sp³-hybridized carbons (Fsp3) is 0.176. The Labute approximate surface area is 152 Å². The lowest BCUT2D eigenvalue weighted by Crippen LogP contribution is -2.14. The molecule has 1 aromatic heterocycles. The third kappa shape index (κ3) is 4.17. The van der Waals surface area contributed by atoms with Gasteiger partial charge in [-0.1, -0.05) is 6.07 Å². The molecule has 0 fully saturated rings.